The van der Waals surface area contributed by atoms with E-state index in [1.54, 1.807) is 12.1 Å². The molecule has 1 N–H and O–H groups in total. The number of nitrogens with zero attached hydrogens (tertiary/aromatic N) is 3. The molecule has 1 heterocycles. The Balaban J connectivity index is 1.65. The second-order valence-electron chi connectivity index (χ2n) is 5.45. The lowest BCUT2D eigenvalue weighted by Crippen LogP contribution is -2.20. The van der Waals surface area contributed by atoms with E-state index in [0.717, 1.165) is 15.6 Å². The summed E-state index contributed by atoms with van der Waals surface area (Å²) in [5, 5.41) is 15.6. The van der Waals surface area contributed by atoms with Crippen molar-refractivity contribution in [3.8, 4) is 0 Å². The Hall–Kier alpha value is -3.13. The predicted octanol–water partition coefficient (Wildman–Crippen LogP) is 3.21. The normalized spacial score (nSPS) is 11.1. The van der Waals surface area contributed by atoms with Crippen molar-refractivity contribution in [2.45, 2.75) is 13.3 Å². The van der Waals surface area contributed by atoms with Crippen LogP contribution in [-0.4, -0.2) is 21.4 Å². The van der Waals surface area contributed by atoms with Crippen molar-refractivity contribution in [1.29, 1.82) is 0 Å². The summed E-state index contributed by atoms with van der Waals surface area (Å²) in [4.78, 5) is 22.3. The van der Waals surface area contributed by atoms with Crippen LogP contribution in [0, 0.1) is 17.0 Å². The number of aryl methyl sites for hydroxylation is 1. The minimum absolute atomic E-state index is 0.0282. The quantitative estimate of drug-likeness (QED) is 0.432. The summed E-state index contributed by atoms with van der Waals surface area (Å²) in [5.74, 6) is -0.296. The predicted molar refractivity (Wildman–Crippen MR) is 96.9 cm³/mol. The highest BCUT2D eigenvalue weighted by atomic mass is 32.1. The zero-order valence-corrected chi connectivity index (χ0v) is 14.1. The summed E-state index contributed by atoms with van der Waals surface area (Å²) in [7, 11) is 0. The number of carbonyl (C=O) groups excluding carboxylic acids is 1. The molecular weight excluding hydrogens is 340 g/mol. The summed E-state index contributed by atoms with van der Waals surface area (Å²) >= 11 is 1.36. The van der Waals surface area contributed by atoms with Gasteiger partial charge in [-0.2, -0.15) is 9.47 Å². The smallest absolute Gasteiger partial charge is 0.270 e. The van der Waals surface area contributed by atoms with Crippen molar-refractivity contribution < 1.29 is 9.72 Å². The Kier molecular flexibility index (Phi) is 4.80. The summed E-state index contributed by atoms with van der Waals surface area (Å²) < 4.78 is 5.36. The molecule has 3 rings (SSSR count). The molecule has 1 aromatic heterocycles. The summed E-state index contributed by atoms with van der Waals surface area (Å²) in [6.45, 7) is 1.99. The molecule has 25 heavy (non-hydrogen) atoms. The lowest BCUT2D eigenvalue weighted by atomic mass is 10.1. The van der Waals surface area contributed by atoms with Gasteiger partial charge in [-0.15, -0.1) is 0 Å². The molecule has 7 nitrogen and oxygen atoms in total. The average Bonchev–Trinajstić information content (AvgIpc) is 2.97. The molecule has 0 aliphatic rings. The molecular formula is C17H14N4O3S. The summed E-state index contributed by atoms with van der Waals surface area (Å²) in [6, 6.07) is 12.0. The van der Waals surface area contributed by atoms with E-state index in [1.165, 1.54) is 29.9 Å². The van der Waals surface area contributed by atoms with Crippen molar-refractivity contribution >= 4 is 39.4 Å². The molecule has 8 heteroatoms. The number of carbonyl (C=O) groups is 1. The van der Waals surface area contributed by atoms with Gasteiger partial charge >= 0.3 is 0 Å². The molecule has 3 aromatic rings. The van der Waals surface area contributed by atoms with Gasteiger partial charge in [0, 0.05) is 23.1 Å². The third-order valence-electron chi connectivity index (χ3n) is 3.51. The zero-order valence-electron chi connectivity index (χ0n) is 13.3. The Morgan fingerprint density at radius 2 is 2.20 bits per heavy atom. The largest absolute Gasteiger partial charge is 0.273 e. The molecule has 0 unspecified atom stereocenters. The molecule has 0 aliphatic heterocycles. The van der Waals surface area contributed by atoms with Gasteiger partial charge < -0.3 is 0 Å². The third kappa shape index (κ3) is 4.04. The highest BCUT2D eigenvalue weighted by Gasteiger charge is 2.10. The van der Waals surface area contributed by atoms with Crippen molar-refractivity contribution in [1.82, 2.24) is 9.80 Å². The number of nitrogens with one attached hydrogen (secondary N) is 1. The van der Waals surface area contributed by atoms with E-state index in [1.807, 2.05) is 25.1 Å². The Morgan fingerprint density at radius 3 is 3.00 bits per heavy atom. The van der Waals surface area contributed by atoms with Gasteiger partial charge in [0.1, 0.15) is 0 Å². The number of hydrazone groups is 1. The topological polar surface area (TPSA) is 97.5 Å². The van der Waals surface area contributed by atoms with E-state index in [0.29, 0.717) is 11.3 Å². The molecule has 0 saturated heterocycles. The fourth-order valence-corrected chi connectivity index (χ4v) is 3.09. The van der Waals surface area contributed by atoms with Crippen molar-refractivity contribution in [2.24, 2.45) is 5.10 Å². The number of aromatic nitrogens is 1. The van der Waals surface area contributed by atoms with Gasteiger partial charge in [0.25, 0.3) is 5.69 Å². The van der Waals surface area contributed by atoms with Gasteiger partial charge in [-0.05, 0) is 30.6 Å². The molecule has 0 saturated carbocycles. The second kappa shape index (κ2) is 7.18. The molecule has 0 radical (unpaired) electrons. The third-order valence-corrected chi connectivity index (χ3v) is 4.38. The number of amides is 1. The number of nitro benzene ring substituents is 1. The van der Waals surface area contributed by atoms with E-state index in [-0.39, 0.29) is 18.0 Å². The number of hydrogen-bond acceptors (Lipinski definition) is 6. The molecule has 126 valence electrons. The average molecular weight is 354 g/mol. The van der Waals surface area contributed by atoms with E-state index in [9.17, 15) is 14.9 Å². The van der Waals surface area contributed by atoms with Crippen LogP contribution in [0.5, 0.6) is 0 Å². The summed E-state index contributed by atoms with van der Waals surface area (Å²) in [5.41, 5.74) is 4.75. The Bertz CT molecular complexity index is 981. The highest BCUT2D eigenvalue weighted by molar-refractivity contribution is 7.13. The molecule has 2 aromatic carbocycles. The van der Waals surface area contributed by atoms with Crippen LogP contribution >= 0.6 is 11.5 Å². The van der Waals surface area contributed by atoms with Crippen molar-refractivity contribution in [3.05, 3.63) is 69.4 Å². The van der Waals surface area contributed by atoms with E-state index in [4.69, 9.17) is 0 Å². The van der Waals surface area contributed by atoms with E-state index < -0.39 is 4.92 Å². The monoisotopic (exact) mass is 354 g/mol. The van der Waals surface area contributed by atoms with Crippen LogP contribution in [0.3, 0.4) is 0 Å². The van der Waals surface area contributed by atoms with Gasteiger partial charge in [0.2, 0.25) is 5.91 Å². The molecule has 0 fully saturated rings. The van der Waals surface area contributed by atoms with Crippen molar-refractivity contribution in [3.63, 3.8) is 0 Å². The SMILES string of the molecule is Cc1ccc2snc(CC(=O)N/N=C/c3cccc([N+](=O)[O-])c3)c2c1. The Morgan fingerprint density at radius 1 is 1.36 bits per heavy atom. The van der Waals surface area contributed by atoms with Gasteiger partial charge in [-0.3, -0.25) is 14.9 Å². The first-order chi connectivity index (χ1) is 12.0. The first kappa shape index (κ1) is 16.7. The summed E-state index contributed by atoms with van der Waals surface area (Å²) in [6.07, 6.45) is 1.49. The Labute approximate surface area is 147 Å². The molecule has 0 bridgehead atoms. The van der Waals surface area contributed by atoms with Crippen molar-refractivity contribution in [2.75, 3.05) is 0 Å². The van der Waals surface area contributed by atoms with Gasteiger partial charge in [0.15, 0.2) is 0 Å². The molecule has 0 aliphatic carbocycles. The van der Waals surface area contributed by atoms with Crippen LogP contribution in [-0.2, 0) is 11.2 Å². The minimum Gasteiger partial charge on any atom is -0.273 e. The first-order valence-electron chi connectivity index (χ1n) is 7.44. The maximum absolute atomic E-state index is 12.0. The number of non-ortho nitro benzene ring substituents is 1. The first-order valence-corrected chi connectivity index (χ1v) is 8.21. The number of fused-ring (bicyclic) bond motifs is 1. The number of rotatable bonds is 5. The standard InChI is InChI=1S/C17H14N4O3S/c1-11-5-6-16-14(7-11)15(20-25-16)9-17(22)19-18-10-12-3-2-4-13(8-12)21(23)24/h2-8,10H,9H2,1H3,(H,19,22)/b18-10+. The molecule has 0 spiro atoms. The highest BCUT2D eigenvalue weighted by Crippen LogP contribution is 2.24. The fraction of sp³-hybridized carbons (Fsp3) is 0.118. The van der Waals surface area contributed by atoms with E-state index in [2.05, 4.69) is 14.9 Å². The van der Waals surface area contributed by atoms with Gasteiger partial charge in [-0.1, -0.05) is 23.8 Å². The van der Waals surface area contributed by atoms with Crippen LogP contribution in [0.25, 0.3) is 10.1 Å². The lowest BCUT2D eigenvalue weighted by Gasteiger charge is -1.99. The van der Waals surface area contributed by atoms with Crippen LogP contribution in [0.4, 0.5) is 5.69 Å². The van der Waals surface area contributed by atoms with Crippen LogP contribution in [0.1, 0.15) is 16.8 Å². The lowest BCUT2D eigenvalue weighted by molar-refractivity contribution is -0.384. The van der Waals surface area contributed by atoms with Crippen LogP contribution in [0.15, 0.2) is 47.6 Å². The van der Waals surface area contributed by atoms with E-state index >= 15 is 0 Å². The van der Waals surface area contributed by atoms with Gasteiger partial charge in [0.05, 0.1) is 28.0 Å². The minimum atomic E-state index is -0.481. The molecule has 0 atom stereocenters. The fourth-order valence-electron chi connectivity index (χ4n) is 2.32. The maximum Gasteiger partial charge on any atom is 0.270 e. The number of nitro groups is 1. The van der Waals surface area contributed by atoms with Crippen LogP contribution < -0.4 is 5.43 Å². The zero-order chi connectivity index (χ0) is 17.8. The second-order valence-corrected chi connectivity index (χ2v) is 6.26. The number of benzene rings is 2. The van der Waals surface area contributed by atoms with Crippen LogP contribution in [0.2, 0.25) is 0 Å². The molecule has 1 amide bonds. The maximum atomic E-state index is 12.0. The number of hydrogen-bond donors (Lipinski definition) is 1. The van der Waals surface area contributed by atoms with Gasteiger partial charge in [-0.25, -0.2) is 5.43 Å².